The maximum Gasteiger partial charge on any atom is 0.248 e. The van der Waals surface area contributed by atoms with Gasteiger partial charge in [-0.3, -0.25) is 18.7 Å². The van der Waals surface area contributed by atoms with E-state index in [-0.39, 0.29) is 37.0 Å². The molecule has 2 N–H and O–H groups in total. The first-order valence-electron chi connectivity index (χ1n) is 7.78. The molecule has 0 saturated carbocycles. The lowest BCUT2D eigenvalue weighted by Gasteiger charge is -2.11. The van der Waals surface area contributed by atoms with E-state index in [0.717, 1.165) is 0 Å². The summed E-state index contributed by atoms with van der Waals surface area (Å²) in [5.74, 6) is -0.197. The van der Waals surface area contributed by atoms with E-state index < -0.39 is 14.7 Å². The molecule has 0 heterocycles. The highest BCUT2D eigenvalue weighted by Gasteiger charge is 2.12. The molecular formula is C14H33ClN2O8P2. The highest BCUT2D eigenvalue weighted by molar-refractivity contribution is 7.57. The third kappa shape index (κ3) is 25.5. The summed E-state index contributed by atoms with van der Waals surface area (Å²) in [6.45, 7) is 4.59. The first-order valence-corrected chi connectivity index (χ1v) is 12.9. The number of nitrogens with zero attached hydrogens (tertiary/aromatic N) is 2. The zero-order chi connectivity index (χ0) is 22.3. The third-order valence-corrected chi connectivity index (χ3v) is 4.54. The summed E-state index contributed by atoms with van der Waals surface area (Å²) in [4.78, 5) is 32.7. The van der Waals surface area contributed by atoms with E-state index in [0.29, 0.717) is 6.61 Å². The number of carbonyl (C=O) groups excluding carboxylic acids is 2. The van der Waals surface area contributed by atoms with Gasteiger partial charge in [0.25, 0.3) is 0 Å². The highest BCUT2D eigenvalue weighted by Crippen LogP contribution is 2.40. The van der Waals surface area contributed by atoms with Crippen LogP contribution in [-0.2, 0) is 28.0 Å². The second-order valence-corrected chi connectivity index (χ2v) is 11.0. The van der Waals surface area contributed by atoms with Gasteiger partial charge in [0, 0.05) is 41.5 Å². The first-order chi connectivity index (χ1) is 12.1. The molecule has 0 saturated heterocycles. The average Bonchev–Trinajstić information content (AvgIpc) is 2.53. The van der Waals surface area contributed by atoms with Gasteiger partial charge < -0.3 is 29.1 Å². The van der Waals surface area contributed by atoms with E-state index in [1.165, 1.54) is 23.1 Å². The zero-order valence-corrected chi connectivity index (χ0v) is 19.6. The minimum atomic E-state index is -3.15. The van der Waals surface area contributed by atoms with Gasteiger partial charge in [-0.1, -0.05) is 0 Å². The summed E-state index contributed by atoms with van der Waals surface area (Å²) in [5, 5.41) is 8.34. The standard InChI is InChI=1S/C6H14NO4P.C4H8ClNO.C4H11O3P/c1-7(2)6(8)4-11-5-12(3,9)10;1-6(2)4(7)3-5;1-3-7-8(2,6)4-5/h4-5H2,1-3H3,(H,9,10);3H2,1-2H3;5H,3-4H2,1-2H3. The van der Waals surface area contributed by atoms with Crippen LogP contribution in [0.5, 0.6) is 0 Å². The van der Waals surface area contributed by atoms with Crippen molar-refractivity contribution in [2.75, 3.05) is 73.3 Å². The summed E-state index contributed by atoms with van der Waals surface area (Å²) >= 11 is 5.16. The van der Waals surface area contributed by atoms with Crippen LogP contribution in [0, 0.1) is 0 Å². The maximum absolute atomic E-state index is 10.9. The van der Waals surface area contributed by atoms with Crippen LogP contribution in [0.3, 0.4) is 0 Å². The van der Waals surface area contributed by atoms with Crippen LogP contribution in [0.1, 0.15) is 6.92 Å². The summed E-state index contributed by atoms with van der Waals surface area (Å²) in [5.41, 5.74) is 0. The first kappa shape index (κ1) is 31.2. The van der Waals surface area contributed by atoms with Crippen LogP contribution < -0.4 is 0 Å². The normalized spacial score (nSPS) is 14.3. The van der Waals surface area contributed by atoms with Gasteiger partial charge in [-0.25, -0.2) is 0 Å². The Balaban J connectivity index is -0.000000336. The molecule has 0 aliphatic heterocycles. The summed E-state index contributed by atoms with van der Waals surface area (Å²) < 4.78 is 30.8. The minimum absolute atomic E-state index is 0.0540. The lowest BCUT2D eigenvalue weighted by atomic mass is 10.6. The van der Waals surface area contributed by atoms with Crippen molar-refractivity contribution in [1.29, 1.82) is 0 Å². The van der Waals surface area contributed by atoms with Gasteiger partial charge in [-0.05, 0) is 6.92 Å². The summed E-state index contributed by atoms with van der Waals surface area (Å²) in [7, 11) is 0.767. The smallest absolute Gasteiger partial charge is 0.248 e. The molecule has 0 aromatic carbocycles. The molecule has 0 radical (unpaired) electrons. The van der Waals surface area contributed by atoms with E-state index in [4.69, 9.17) is 26.3 Å². The van der Waals surface area contributed by atoms with Crippen molar-refractivity contribution < 1.29 is 38.0 Å². The fourth-order valence-corrected chi connectivity index (χ4v) is 2.16. The second kappa shape index (κ2) is 16.5. The predicted octanol–water partition coefficient (Wildman–Crippen LogP) is 1.14. The maximum atomic E-state index is 10.9. The van der Waals surface area contributed by atoms with E-state index in [9.17, 15) is 18.7 Å². The largest absolute Gasteiger partial charge is 0.386 e. The van der Waals surface area contributed by atoms with Crippen molar-refractivity contribution in [3.8, 4) is 0 Å². The third-order valence-electron chi connectivity index (χ3n) is 2.33. The second-order valence-electron chi connectivity index (χ2n) is 5.81. The van der Waals surface area contributed by atoms with Crippen molar-refractivity contribution in [1.82, 2.24) is 9.80 Å². The van der Waals surface area contributed by atoms with Crippen LogP contribution in [0.4, 0.5) is 0 Å². The molecule has 0 aromatic heterocycles. The Kier molecular flexibility index (Phi) is 19.1. The molecule has 164 valence electrons. The molecule has 0 aromatic rings. The van der Waals surface area contributed by atoms with Gasteiger partial charge in [0.05, 0.1) is 6.61 Å². The molecule has 0 aliphatic carbocycles. The molecule has 0 bridgehead atoms. The number of aliphatic hydroxyl groups is 1. The van der Waals surface area contributed by atoms with E-state index >= 15 is 0 Å². The quantitative estimate of drug-likeness (QED) is 0.412. The minimum Gasteiger partial charge on any atom is -0.386 e. The van der Waals surface area contributed by atoms with Crippen LogP contribution in [0.15, 0.2) is 0 Å². The van der Waals surface area contributed by atoms with E-state index in [1.807, 2.05) is 0 Å². The zero-order valence-electron chi connectivity index (χ0n) is 17.0. The topological polar surface area (TPSA) is 134 Å². The number of likely N-dealkylation sites (N-methyl/N-ethyl adjacent to an activating group) is 1. The Bertz CT molecular complexity index is 511. The summed E-state index contributed by atoms with van der Waals surface area (Å²) in [6.07, 6.45) is -0.632. The van der Waals surface area contributed by atoms with Gasteiger partial charge >= 0.3 is 0 Å². The van der Waals surface area contributed by atoms with Gasteiger partial charge in [0.15, 0.2) is 0 Å². The van der Waals surface area contributed by atoms with E-state index in [2.05, 4.69) is 4.52 Å². The fourth-order valence-electron chi connectivity index (χ4n) is 0.865. The molecule has 10 nitrogen and oxygen atoms in total. The molecule has 13 heteroatoms. The molecule has 2 amide bonds. The van der Waals surface area contributed by atoms with Gasteiger partial charge in [0.2, 0.25) is 26.6 Å². The molecular weight excluding hydrogens is 422 g/mol. The molecule has 2 atom stereocenters. The Morgan fingerprint density at radius 3 is 1.67 bits per heavy atom. The van der Waals surface area contributed by atoms with Crippen LogP contribution in [0.25, 0.3) is 0 Å². The van der Waals surface area contributed by atoms with Crippen molar-refractivity contribution in [3.63, 3.8) is 0 Å². The van der Waals surface area contributed by atoms with Gasteiger partial charge in [-0.2, -0.15) is 0 Å². The summed E-state index contributed by atoms with van der Waals surface area (Å²) in [6, 6.07) is 0. The number of hydrogen-bond acceptors (Lipinski definition) is 7. The Labute approximate surface area is 166 Å². The number of rotatable bonds is 8. The lowest BCUT2D eigenvalue weighted by Crippen LogP contribution is -2.26. The number of aliphatic hydroxyl groups excluding tert-OH is 1. The predicted molar refractivity (Wildman–Crippen MR) is 107 cm³/mol. The Morgan fingerprint density at radius 1 is 1.04 bits per heavy atom. The number of alkyl halides is 1. The lowest BCUT2D eigenvalue weighted by molar-refractivity contribution is -0.132. The van der Waals surface area contributed by atoms with Crippen molar-refractivity contribution in [3.05, 3.63) is 0 Å². The highest BCUT2D eigenvalue weighted by atomic mass is 35.5. The van der Waals surface area contributed by atoms with Crippen LogP contribution in [-0.4, -0.2) is 105 Å². The molecule has 0 rings (SSSR count). The van der Waals surface area contributed by atoms with Gasteiger partial charge in [-0.15, -0.1) is 11.6 Å². The number of ether oxygens (including phenoxy) is 1. The number of carbonyl (C=O) groups is 2. The fraction of sp³-hybridized carbons (Fsp3) is 0.857. The van der Waals surface area contributed by atoms with Crippen molar-refractivity contribution >= 4 is 38.2 Å². The molecule has 27 heavy (non-hydrogen) atoms. The SMILES string of the molecule is CCOP(C)(=O)CO.CN(C)C(=O)CCl.CN(C)C(=O)COCP(C)(=O)O. The molecule has 0 fully saturated rings. The number of amides is 2. The molecule has 0 spiro atoms. The van der Waals surface area contributed by atoms with Gasteiger partial charge in [0.1, 0.15) is 25.2 Å². The average molecular weight is 455 g/mol. The van der Waals surface area contributed by atoms with Crippen molar-refractivity contribution in [2.45, 2.75) is 6.92 Å². The van der Waals surface area contributed by atoms with Crippen molar-refractivity contribution in [2.24, 2.45) is 0 Å². The monoisotopic (exact) mass is 454 g/mol. The Morgan fingerprint density at radius 2 is 1.48 bits per heavy atom. The Hall–Kier alpha value is -0.470. The molecule has 2 unspecified atom stereocenters. The molecule has 0 aliphatic rings. The number of hydrogen-bond donors (Lipinski definition) is 2. The van der Waals surface area contributed by atoms with Crippen LogP contribution in [0.2, 0.25) is 0 Å². The number of halogens is 1. The van der Waals surface area contributed by atoms with E-state index in [1.54, 1.807) is 35.1 Å². The van der Waals surface area contributed by atoms with Crippen LogP contribution >= 0.6 is 26.3 Å².